The van der Waals surface area contributed by atoms with Crippen LogP contribution in [-0.2, 0) is 0 Å². The fourth-order valence-corrected chi connectivity index (χ4v) is 1.70. The zero-order valence-corrected chi connectivity index (χ0v) is 8.65. The van der Waals surface area contributed by atoms with Crippen molar-refractivity contribution >= 4 is 17.1 Å². The lowest BCUT2D eigenvalue weighted by molar-refractivity contribution is 0.112. The van der Waals surface area contributed by atoms with Crippen LogP contribution in [0.3, 0.4) is 0 Å². The van der Waals surface area contributed by atoms with Gasteiger partial charge in [-0.15, -0.1) is 0 Å². The molecule has 0 bridgehead atoms. The first-order valence-electron chi connectivity index (χ1n) is 4.65. The van der Waals surface area contributed by atoms with Crippen LogP contribution in [-0.4, -0.2) is 18.4 Å². The highest BCUT2D eigenvalue weighted by atomic mass is 16.5. The fourth-order valence-electron chi connectivity index (χ4n) is 1.70. The molecule has 0 amide bonds. The molecule has 2 rings (SSSR count). The van der Waals surface area contributed by atoms with Gasteiger partial charge in [0.15, 0.2) is 6.29 Å². The number of carbonyl (C=O) groups is 1. The molecule has 2 aromatic rings. The molecule has 0 aliphatic rings. The van der Waals surface area contributed by atoms with Gasteiger partial charge in [-0.3, -0.25) is 9.78 Å². The molecule has 76 valence electrons. The molecular formula is C12H11NO2. The van der Waals surface area contributed by atoms with Gasteiger partial charge in [-0.2, -0.15) is 0 Å². The zero-order valence-electron chi connectivity index (χ0n) is 8.65. The number of hydrogen-bond donors (Lipinski definition) is 0. The van der Waals surface area contributed by atoms with Crippen LogP contribution < -0.4 is 4.74 Å². The summed E-state index contributed by atoms with van der Waals surface area (Å²) in [7, 11) is 1.56. The minimum absolute atomic E-state index is 0.584. The van der Waals surface area contributed by atoms with E-state index in [4.69, 9.17) is 4.74 Å². The Balaban J connectivity index is 2.88. The molecule has 1 aromatic carbocycles. The summed E-state index contributed by atoms with van der Waals surface area (Å²) < 4.78 is 5.13. The SMILES string of the molecule is COc1ccc2c(C)nccc2c1C=O. The monoisotopic (exact) mass is 201 g/mol. The van der Waals surface area contributed by atoms with Crippen molar-refractivity contribution in [2.45, 2.75) is 6.92 Å². The van der Waals surface area contributed by atoms with E-state index < -0.39 is 0 Å². The quantitative estimate of drug-likeness (QED) is 0.700. The molecule has 15 heavy (non-hydrogen) atoms. The number of methoxy groups -OCH3 is 1. The van der Waals surface area contributed by atoms with Crippen molar-refractivity contribution in [2.75, 3.05) is 7.11 Å². The number of pyridine rings is 1. The molecule has 1 heterocycles. The van der Waals surface area contributed by atoms with E-state index in [2.05, 4.69) is 4.98 Å². The summed E-state index contributed by atoms with van der Waals surface area (Å²) in [5.41, 5.74) is 1.50. The molecule has 3 nitrogen and oxygen atoms in total. The van der Waals surface area contributed by atoms with Gasteiger partial charge in [-0.25, -0.2) is 0 Å². The number of benzene rings is 1. The third kappa shape index (κ3) is 1.46. The van der Waals surface area contributed by atoms with Gasteiger partial charge < -0.3 is 4.74 Å². The summed E-state index contributed by atoms with van der Waals surface area (Å²) in [6.07, 6.45) is 2.52. The summed E-state index contributed by atoms with van der Waals surface area (Å²) in [5, 5.41) is 1.87. The molecule has 0 unspecified atom stereocenters. The van der Waals surface area contributed by atoms with E-state index in [1.54, 1.807) is 19.4 Å². The number of fused-ring (bicyclic) bond motifs is 1. The molecule has 3 heteroatoms. The van der Waals surface area contributed by atoms with Crippen molar-refractivity contribution in [3.63, 3.8) is 0 Å². The van der Waals surface area contributed by atoms with Gasteiger partial charge in [0.2, 0.25) is 0 Å². The lowest BCUT2D eigenvalue weighted by atomic mass is 10.0. The van der Waals surface area contributed by atoms with E-state index in [1.807, 2.05) is 19.1 Å². The van der Waals surface area contributed by atoms with Crippen LogP contribution in [0.25, 0.3) is 10.8 Å². The van der Waals surface area contributed by atoms with E-state index >= 15 is 0 Å². The third-order valence-corrected chi connectivity index (χ3v) is 2.48. The molecule has 0 saturated heterocycles. The zero-order chi connectivity index (χ0) is 10.8. The standard InChI is InChI=1S/C12H11NO2/c1-8-9-3-4-12(15-2)11(7-14)10(9)5-6-13-8/h3-7H,1-2H3. The maximum absolute atomic E-state index is 11.0. The van der Waals surface area contributed by atoms with Crippen molar-refractivity contribution in [1.29, 1.82) is 0 Å². The highest BCUT2D eigenvalue weighted by Crippen LogP contribution is 2.27. The Bertz CT molecular complexity index is 520. The van der Waals surface area contributed by atoms with E-state index in [0.29, 0.717) is 11.3 Å². The number of aromatic nitrogens is 1. The van der Waals surface area contributed by atoms with Crippen molar-refractivity contribution in [2.24, 2.45) is 0 Å². The first-order valence-corrected chi connectivity index (χ1v) is 4.65. The Labute approximate surface area is 87.7 Å². The van der Waals surface area contributed by atoms with E-state index in [9.17, 15) is 4.79 Å². The van der Waals surface area contributed by atoms with E-state index in [-0.39, 0.29) is 0 Å². The Morgan fingerprint density at radius 1 is 1.27 bits per heavy atom. The summed E-state index contributed by atoms with van der Waals surface area (Å²) >= 11 is 0. The Kier molecular flexibility index (Phi) is 2.37. The second kappa shape index (κ2) is 3.69. The van der Waals surface area contributed by atoms with Crippen molar-refractivity contribution in [3.8, 4) is 5.75 Å². The van der Waals surface area contributed by atoms with Crippen LogP contribution in [0, 0.1) is 6.92 Å². The summed E-state index contributed by atoms with van der Waals surface area (Å²) in [5.74, 6) is 0.600. The first kappa shape index (κ1) is 9.65. The molecule has 0 radical (unpaired) electrons. The average molecular weight is 201 g/mol. The average Bonchev–Trinajstić information content (AvgIpc) is 2.28. The molecule has 0 aliphatic heterocycles. The van der Waals surface area contributed by atoms with E-state index in [1.165, 1.54) is 0 Å². The highest BCUT2D eigenvalue weighted by Gasteiger charge is 2.08. The minimum Gasteiger partial charge on any atom is -0.496 e. The third-order valence-electron chi connectivity index (χ3n) is 2.48. The van der Waals surface area contributed by atoms with Crippen molar-refractivity contribution < 1.29 is 9.53 Å². The Hall–Kier alpha value is -1.90. The van der Waals surface area contributed by atoms with Crippen LogP contribution in [0.15, 0.2) is 24.4 Å². The topological polar surface area (TPSA) is 39.2 Å². The Morgan fingerprint density at radius 3 is 2.73 bits per heavy atom. The molecule has 0 spiro atoms. The van der Waals surface area contributed by atoms with Crippen LogP contribution >= 0.6 is 0 Å². The molecule has 0 fully saturated rings. The predicted octanol–water partition coefficient (Wildman–Crippen LogP) is 2.36. The lowest BCUT2D eigenvalue weighted by Gasteiger charge is -2.07. The van der Waals surface area contributed by atoms with Gasteiger partial charge in [0.05, 0.1) is 12.7 Å². The predicted molar refractivity (Wildman–Crippen MR) is 58.4 cm³/mol. The fraction of sp³-hybridized carbons (Fsp3) is 0.167. The largest absolute Gasteiger partial charge is 0.496 e. The normalized spacial score (nSPS) is 10.3. The molecule has 0 saturated carbocycles. The van der Waals surface area contributed by atoms with Gasteiger partial charge in [0.1, 0.15) is 5.75 Å². The summed E-state index contributed by atoms with van der Waals surface area (Å²) in [4.78, 5) is 15.2. The van der Waals surface area contributed by atoms with Crippen molar-refractivity contribution in [1.82, 2.24) is 4.98 Å². The molecule has 0 aliphatic carbocycles. The van der Waals surface area contributed by atoms with Gasteiger partial charge >= 0.3 is 0 Å². The van der Waals surface area contributed by atoms with Gasteiger partial charge in [-0.1, -0.05) is 0 Å². The molecule has 0 atom stereocenters. The van der Waals surface area contributed by atoms with Crippen LogP contribution in [0.5, 0.6) is 5.75 Å². The Morgan fingerprint density at radius 2 is 2.07 bits per heavy atom. The van der Waals surface area contributed by atoms with Crippen LogP contribution in [0.4, 0.5) is 0 Å². The smallest absolute Gasteiger partial charge is 0.154 e. The number of aldehydes is 1. The van der Waals surface area contributed by atoms with Crippen molar-refractivity contribution in [3.05, 3.63) is 35.7 Å². The molecule has 0 N–H and O–H groups in total. The number of aryl methyl sites for hydroxylation is 1. The number of rotatable bonds is 2. The first-order chi connectivity index (χ1) is 7.27. The van der Waals surface area contributed by atoms with Crippen LogP contribution in [0.1, 0.15) is 16.1 Å². The van der Waals surface area contributed by atoms with E-state index in [0.717, 1.165) is 22.8 Å². The van der Waals surface area contributed by atoms with Crippen LogP contribution in [0.2, 0.25) is 0 Å². The maximum atomic E-state index is 11.0. The second-order valence-electron chi connectivity index (χ2n) is 3.29. The molecular weight excluding hydrogens is 190 g/mol. The number of ether oxygens (including phenoxy) is 1. The lowest BCUT2D eigenvalue weighted by Crippen LogP contribution is -1.93. The number of nitrogens with zero attached hydrogens (tertiary/aromatic N) is 1. The highest BCUT2D eigenvalue weighted by molar-refractivity contribution is 6.01. The molecule has 1 aromatic heterocycles. The maximum Gasteiger partial charge on any atom is 0.154 e. The van der Waals surface area contributed by atoms with Gasteiger partial charge in [0.25, 0.3) is 0 Å². The number of hydrogen-bond acceptors (Lipinski definition) is 3. The second-order valence-corrected chi connectivity index (χ2v) is 3.29. The van der Waals surface area contributed by atoms with Gasteiger partial charge in [-0.05, 0) is 30.5 Å². The summed E-state index contributed by atoms with van der Waals surface area (Å²) in [6.45, 7) is 1.92. The number of carbonyl (C=O) groups excluding carboxylic acids is 1. The minimum atomic E-state index is 0.584. The van der Waals surface area contributed by atoms with Gasteiger partial charge in [0, 0.05) is 17.3 Å². The summed E-state index contributed by atoms with van der Waals surface area (Å²) in [6, 6.07) is 5.54.